The van der Waals surface area contributed by atoms with Crippen LogP contribution in [0.25, 0.3) is 0 Å². The van der Waals surface area contributed by atoms with Crippen LogP contribution in [0.5, 0.6) is 5.75 Å². The van der Waals surface area contributed by atoms with E-state index in [0.717, 1.165) is 18.8 Å². The SMILES string of the molecule is Cl.c1ccc(COc2ccc(C3CNC3)cc2)cc1. The van der Waals surface area contributed by atoms with Gasteiger partial charge in [0.25, 0.3) is 0 Å². The molecule has 1 heterocycles. The summed E-state index contributed by atoms with van der Waals surface area (Å²) in [6.45, 7) is 2.83. The lowest BCUT2D eigenvalue weighted by Crippen LogP contribution is -2.39. The van der Waals surface area contributed by atoms with Crippen LogP contribution >= 0.6 is 12.4 Å². The minimum Gasteiger partial charge on any atom is -0.489 e. The van der Waals surface area contributed by atoms with Crippen molar-refractivity contribution in [3.63, 3.8) is 0 Å². The smallest absolute Gasteiger partial charge is 0.119 e. The molecule has 3 rings (SSSR count). The zero-order chi connectivity index (χ0) is 12.2. The van der Waals surface area contributed by atoms with Crippen molar-refractivity contribution >= 4 is 12.4 Å². The molecule has 1 saturated heterocycles. The molecule has 2 aromatic rings. The molecule has 2 aromatic carbocycles. The molecule has 0 aliphatic carbocycles. The topological polar surface area (TPSA) is 21.3 Å². The molecule has 2 nitrogen and oxygen atoms in total. The number of hydrogen-bond acceptors (Lipinski definition) is 2. The first-order chi connectivity index (χ1) is 8.92. The Morgan fingerprint density at radius 1 is 0.947 bits per heavy atom. The fraction of sp³-hybridized carbons (Fsp3) is 0.250. The van der Waals surface area contributed by atoms with Crippen molar-refractivity contribution in [2.75, 3.05) is 13.1 Å². The Bertz CT molecular complexity index is 494. The van der Waals surface area contributed by atoms with E-state index < -0.39 is 0 Å². The molecule has 0 bridgehead atoms. The maximum atomic E-state index is 5.76. The van der Waals surface area contributed by atoms with Crippen molar-refractivity contribution < 1.29 is 4.74 Å². The molecule has 0 amide bonds. The zero-order valence-electron chi connectivity index (χ0n) is 10.7. The van der Waals surface area contributed by atoms with E-state index in [1.165, 1.54) is 11.1 Å². The average Bonchev–Trinajstić information content (AvgIpc) is 2.37. The first-order valence-corrected chi connectivity index (χ1v) is 6.39. The van der Waals surface area contributed by atoms with Crippen LogP contribution in [0.4, 0.5) is 0 Å². The summed E-state index contributed by atoms with van der Waals surface area (Å²) in [6, 6.07) is 18.7. The second-order valence-corrected chi connectivity index (χ2v) is 4.70. The summed E-state index contributed by atoms with van der Waals surface area (Å²) in [6.07, 6.45) is 0. The van der Waals surface area contributed by atoms with Crippen LogP contribution < -0.4 is 10.1 Å². The Labute approximate surface area is 120 Å². The lowest BCUT2D eigenvalue weighted by Gasteiger charge is -2.27. The second-order valence-electron chi connectivity index (χ2n) is 4.70. The summed E-state index contributed by atoms with van der Waals surface area (Å²) in [5, 5.41) is 3.29. The third-order valence-electron chi connectivity index (χ3n) is 3.38. The van der Waals surface area contributed by atoms with Crippen molar-refractivity contribution in [3.8, 4) is 5.75 Å². The van der Waals surface area contributed by atoms with Crippen LogP contribution in [0, 0.1) is 0 Å². The Balaban J connectivity index is 0.00000133. The highest BCUT2D eigenvalue weighted by Gasteiger charge is 2.18. The van der Waals surface area contributed by atoms with Crippen LogP contribution in [0.1, 0.15) is 17.0 Å². The molecule has 100 valence electrons. The molecule has 0 spiro atoms. The van der Waals surface area contributed by atoms with Crippen molar-refractivity contribution in [1.29, 1.82) is 0 Å². The molecule has 0 atom stereocenters. The van der Waals surface area contributed by atoms with Gasteiger partial charge < -0.3 is 10.1 Å². The predicted octanol–water partition coefficient (Wildman–Crippen LogP) is 3.37. The third kappa shape index (κ3) is 3.49. The van der Waals surface area contributed by atoms with Crippen LogP contribution in [-0.4, -0.2) is 13.1 Å². The molecule has 0 unspecified atom stereocenters. The first kappa shape index (κ1) is 13.9. The van der Waals surface area contributed by atoms with Gasteiger partial charge in [-0.1, -0.05) is 42.5 Å². The summed E-state index contributed by atoms with van der Waals surface area (Å²) in [4.78, 5) is 0. The van der Waals surface area contributed by atoms with Crippen LogP contribution in [0.2, 0.25) is 0 Å². The number of hydrogen-bond donors (Lipinski definition) is 1. The quantitative estimate of drug-likeness (QED) is 0.924. The summed E-state index contributed by atoms with van der Waals surface area (Å²) in [5.74, 6) is 1.63. The highest BCUT2D eigenvalue weighted by Crippen LogP contribution is 2.22. The van der Waals surface area contributed by atoms with E-state index in [1.807, 2.05) is 18.2 Å². The van der Waals surface area contributed by atoms with Gasteiger partial charge in [0.05, 0.1) is 0 Å². The fourth-order valence-electron chi connectivity index (χ4n) is 2.10. The molecule has 3 heteroatoms. The van der Waals surface area contributed by atoms with Gasteiger partial charge in [-0.15, -0.1) is 12.4 Å². The normalized spacial score (nSPS) is 14.3. The number of rotatable bonds is 4. The van der Waals surface area contributed by atoms with Crippen molar-refractivity contribution in [2.24, 2.45) is 0 Å². The van der Waals surface area contributed by atoms with Crippen LogP contribution in [-0.2, 0) is 6.61 Å². The number of ether oxygens (including phenoxy) is 1. The Morgan fingerprint density at radius 2 is 1.63 bits per heavy atom. The molecule has 0 saturated carbocycles. The van der Waals surface area contributed by atoms with E-state index in [4.69, 9.17) is 4.74 Å². The van der Waals surface area contributed by atoms with E-state index in [0.29, 0.717) is 12.5 Å². The van der Waals surface area contributed by atoms with Crippen molar-refractivity contribution in [1.82, 2.24) is 5.32 Å². The number of nitrogens with one attached hydrogen (secondary N) is 1. The summed E-state index contributed by atoms with van der Waals surface area (Å²) >= 11 is 0. The molecule has 1 aliphatic rings. The Hall–Kier alpha value is -1.51. The van der Waals surface area contributed by atoms with E-state index in [9.17, 15) is 0 Å². The van der Waals surface area contributed by atoms with E-state index in [1.54, 1.807) is 0 Å². The van der Waals surface area contributed by atoms with Gasteiger partial charge in [0.1, 0.15) is 12.4 Å². The molecule has 0 aromatic heterocycles. The molecule has 1 aliphatic heterocycles. The highest BCUT2D eigenvalue weighted by molar-refractivity contribution is 5.85. The lowest BCUT2D eigenvalue weighted by atomic mass is 9.94. The molecule has 0 radical (unpaired) electrons. The van der Waals surface area contributed by atoms with E-state index in [-0.39, 0.29) is 12.4 Å². The van der Waals surface area contributed by atoms with Crippen LogP contribution in [0.15, 0.2) is 54.6 Å². The average molecular weight is 276 g/mol. The van der Waals surface area contributed by atoms with Gasteiger partial charge in [0.15, 0.2) is 0 Å². The van der Waals surface area contributed by atoms with Crippen molar-refractivity contribution in [3.05, 3.63) is 65.7 Å². The Morgan fingerprint density at radius 3 is 2.21 bits per heavy atom. The molecule has 1 fully saturated rings. The first-order valence-electron chi connectivity index (χ1n) is 6.39. The third-order valence-corrected chi connectivity index (χ3v) is 3.38. The van der Waals surface area contributed by atoms with E-state index >= 15 is 0 Å². The summed E-state index contributed by atoms with van der Waals surface area (Å²) < 4.78 is 5.76. The Kier molecular flexibility index (Phi) is 4.83. The standard InChI is InChI=1S/C16H17NO.ClH/c1-2-4-13(5-3-1)12-18-16-8-6-14(7-9-16)15-10-17-11-15;/h1-9,15,17H,10-12H2;1H. The maximum absolute atomic E-state index is 5.76. The van der Waals surface area contributed by atoms with Crippen LogP contribution in [0.3, 0.4) is 0 Å². The summed E-state index contributed by atoms with van der Waals surface area (Å²) in [7, 11) is 0. The number of halogens is 1. The minimum absolute atomic E-state index is 0. The minimum atomic E-state index is 0. The largest absolute Gasteiger partial charge is 0.489 e. The van der Waals surface area contributed by atoms with Gasteiger partial charge in [-0.05, 0) is 23.3 Å². The zero-order valence-corrected chi connectivity index (χ0v) is 11.5. The highest BCUT2D eigenvalue weighted by atomic mass is 35.5. The molecule has 1 N–H and O–H groups in total. The fourth-order valence-corrected chi connectivity index (χ4v) is 2.10. The maximum Gasteiger partial charge on any atom is 0.119 e. The van der Waals surface area contributed by atoms with Gasteiger partial charge in [0.2, 0.25) is 0 Å². The molecular weight excluding hydrogens is 258 g/mol. The van der Waals surface area contributed by atoms with Crippen molar-refractivity contribution in [2.45, 2.75) is 12.5 Å². The summed E-state index contributed by atoms with van der Waals surface area (Å²) in [5.41, 5.74) is 2.60. The molecule has 19 heavy (non-hydrogen) atoms. The second kappa shape index (κ2) is 6.60. The monoisotopic (exact) mass is 275 g/mol. The van der Waals surface area contributed by atoms with Gasteiger partial charge in [-0.2, -0.15) is 0 Å². The van der Waals surface area contributed by atoms with E-state index in [2.05, 4.69) is 41.7 Å². The van der Waals surface area contributed by atoms with Gasteiger partial charge in [-0.3, -0.25) is 0 Å². The van der Waals surface area contributed by atoms with Gasteiger partial charge >= 0.3 is 0 Å². The van der Waals surface area contributed by atoms with Gasteiger partial charge in [-0.25, -0.2) is 0 Å². The molecular formula is C16H18ClNO. The van der Waals surface area contributed by atoms with Gasteiger partial charge in [0, 0.05) is 19.0 Å². The lowest BCUT2D eigenvalue weighted by molar-refractivity contribution is 0.306. The number of benzene rings is 2. The predicted molar refractivity (Wildman–Crippen MR) is 80.1 cm³/mol.